The third kappa shape index (κ3) is 16.6. The molecule has 6 nitrogen and oxygen atoms in total. The Kier molecular flexibility index (Phi) is 20.7. The Labute approximate surface area is 168 Å². The second-order valence-electron chi connectivity index (χ2n) is 6.34. The maximum atomic E-state index is 6.18. The van der Waals surface area contributed by atoms with Crippen molar-refractivity contribution < 1.29 is 27.5 Å². The molecule has 0 aromatic rings. The molecule has 0 unspecified atom stereocenters. The molecule has 0 saturated carbocycles. The van der Waals surface area contributed by atoms with E-state index in [2.05, 4.69) is 6.92 Å². The molecule has 0 aliphatic carbocycles. The zero-order valence-electron chi connectivity index (χ0n) is 18.3. The van der Waals surface area contributed by atoms with Gasteiger partial charge in [-0.3, -0.25) is 0 Å². The van der Waals surface area contributed by atoms with E-state index in [1.807, 2.05) is 20.8 Å². The van der Waals surface area contributed by atoms with Crippen molar-refractivity contribution in [2.75, 3.05) is 59.5 Å². The van der Waals surface area contributed by atoms with Crippen LogP contribution in [-0.4, -0.2) is 68.3 Å². The van der Waals surface area contributed by atoms with Crippen LogP contribution in [0.15, 0.2) is 0 Å². The number of hydrogen-bond acceptors (Lipinski definition) is 6. The third-order valence-electron chi connectivity index (χ3n) is 4.10. The van der Waals surface area contributed by atoms with E-state index in [0.29, 0.717) is 59.5 Å². The van der Waals surface area contributed by atoms with Crippen LogP contribution in [0.5, 0.6) is 0 Å². The van der Waals surface area contributed by atoms with Gasteiger partial charge in [-0.15, -0.1) is 0 Å². The van der Waals surface area contributed by atoms with Gasteiger partial charge in [0.25, 0.3) is 0 Å². The molecule has 0 bridgehead atoms. The molecule has 0 rings (SSSR count). The monoisotopic (exact) mass is 408 g/mol. The third-order valence-corrected chi connectivity index (χ3v) is 7.00. The van der Waals surface area contributed by atoms with Gasteiger partial charge in [0.15, 0.2) is 0 Å². The van der Waals surface area contributed by atoms with Gasteiger partial charge in [0, 0.05) is 25.9 Å². The lowest BCUT2D eigenvalue weighted by atomic mass is 10.1. The van der Waals surface area contributed by atoms with Gasteiger partial charge in [-0.2, -0.15) is 0 Å². The number of unbranched alkanes of at least 4 members (excludes halogenated alkanes) is 5. The highest BCUT2D eigenvalue weighted by atomic mass is 28.4. The fraction of sp³-hybridized carbons (Fsp3) is 1.00. The average molecular weight is 409 g/mol. The summed E-state index contributed by atoms with van der Waals surface area (Å²) in [5, 5.41) is 0. The second-order valence-corrected chi connectivity index (χ2v) is 9.07. The van der Waals surface area contributed by atoms with Crippen LogP contribution in [-0.2, 0) is 27.5 Å². The Morgan fingerprint density at radius 1 is 0.481 bits per heavy atom. The number of hydrogen-bond donors (Lipinski definition) is 0. The van der Waals surface area contributed by atoms with Gasteiger partial charge in [0.1, 0.15) is 0 Å². The van der Waals surface area contributed by atoms with Crippen LogP contribution in [0.3, 0.4) is 0 Å². The standard InChI is InChI=1S/C20H44O6Si/c1-5-9-10-11-12-13-20-27(24-17-14-21-6-2,25-18-15-22-7-3)26-19-16-23-8-4/h5-20H2,1-4H3. The van der Waals surface area contributed by atoms with E-state index in [4.69, 9.17) is 27.5 Å². The Balaban J connectivity index is 4.61. The lowest BCUT2D eigenvalue weighted by Gasteiger charge is -2.30. The van der Waals surface area contributed by atoms with E-state index in [-0.39, 0.29) is 0 Å². The van der Waals surface area contributed by atoms with Gasteiger partial charge in [-0.1, -0.05) is 39.0 Å². The van der Waals surface area contributed by atoms with Gasteiger partial charge in [-0.25, -0.2) is 0 Å². The predicted molar refractivity (Wildman–Crippen MR) is 111 cm³/mol. The molecule has 0 spiro atoms. The smallest absolute Gasteiger partial charge is 0.379 e. The maximum Gasteiger partial charge on any atom is 0.501 e. The highest BCUT2D eigenvalue weighted by Crippen LogP contribution is 2.21. The Bertz CT molecular complexity index is 262. The minimum absolute atomic E-state index is 0.499. The van der Waals surface area contributed by atoms with E-state index < -0.39 is 8.80 Å². The summed E-state index contributed by atoms with van der Waals surface area (Å²) in [5.41, 5.74) is 0. The second kappa shape index (κ2) is 20.7. The van der Waals surface area contributed by atoms with Crippen molar-refractivity contribution in [1.82, 2.24) is 0 Å². The normalized spacial score (nSPS) is 12.0. The van der Waals surface area contributed by atoms with Gasteiger partial charge < -0.3 is 27.5 Å². The fourth-order valence-corrected chi connectivity index (χ4v) is 5.21. The first-order valence-electron chi connectivity index (χ1n) is 10.9. The van der Waals surface area contributed by atoms with Crippen LogP contribution in [0.4, 0.5) is 0 Å². The van der Waals surface area contributed by atoms with Crippen molar-refractivity contribution in [3.63, 3.8) is 0 Å². The van der Waals surface area contributed by atoms with E-state index in [0.717, 1.165) is 12.5 Å². The molecule has 0 aliphatic heterocycles. The molecule has 0 atom stereocenters. The van der Waals surface area contributed by atoms with Gasteiger partial charge in [0.05, 0.1) is 39.6 Å². The van der Waals surface area contributed by atoms with E-state index >= 15 is 0 Å². The highest BCUT2D eigenvalue weighted by molar-refractivity contribution is 6.60. The zero-order chi connectivity index (χ0) is 20.1. The molecule has 0 saturated heterocycles. The van der Waals surface area contributed by atoms with Crippen LogP contribution in [0.2, 0.25) is 6.04 Å². The highest BCUT2D eigenvalue weighted by Gasteiger charge is 2.40. The van der Waals surface area contributed by atoms with Crippen molar-refractivity contribution in [1.29, 1.82) is 0 Å². The largest absolute Gasteiger partial charge is 0.501 e. The van der Waals surface area contributed by atoms with Gasteiger partial charge in [0.2, 0.25) is 0 Å². The van der Waals surface area contributed by atoms with Crippen molar-refractivity contribution in [2.24, 2.45) is 0 Å². The summed E-state index contributed by atoms with van der Waals surface area (Å²) in [5.74, 6) is 0. The topological polar surface area (TPSA) is 55.4 Å². The lowest BCUT2D eigenvalue weighted by molar-refractivity contribution is 0.00318. The molecule has 0 aromatic heterocycles. The first-order chi connectivity index (χ1) is 13.2. The van der Waals surface area contributed by atoms with Crippen molar-refractivity contribution in [3.8, 4) is 0 Å². The molecule has 164 valence electrons. The summed E-state index contributed by atoms with van der Waals surface area (Å²) >= 11 is 0. The molecule has 0 fully saturated rings. The molecule has 0 N–H and O–H groups in total. The van der Waals surface area contributed by atoms with Gasteiger partial charge in [-0.05, 0) is 27.2 Å². The van der Waals surface area contributed by atoms with E-state index in [9.17, 15) is 0 Å². The summed E-state index contributed by atoms with van der Waals surface area (Å²) in [6.07, 6.45) is 7.38. The summed E-state index contributed by atoms with van der Waals surface area (Å²) in [7, 11) is -2.75. The first-order valence-corrected chi connectivity index (χ1v) is 12.8. The van der Waals surface area contributed by atoms with Crippen molar-refractivity contribution in [3.05, 3.63) is 0 Å². The summed E-state index contributed by atoms with van der Waals surface area (Å²) in [6.45, 7) is 13.4. The molecular weight excluding hydrogens is 364 g/mol. The molecule has 7 heteroatoms. The van der Waals surface area contributed by atoms with Crippen LogP contribution in [0.25, 0.3) is 0 Å². The predicted octanol–water partition coefficient (Wildman–Crippen LogP) is 4.45. The van der Waals surface area contributed by atoms with Crippen LogP contribution in [0.1, 0.15) is 66.2 Å². The maximum absolute atomic E-state index is 6.18. The Hall–Kier alpha value is -0.0231. The summed E-state index contributed by atoms with van der Waals surface area (Å²) in [4.78, 5) is 0. The molecule has 27 heavy (non-hydrogen) atoms. The zero-order valence-corrected chi connectivity index (χ0v) is 19.3. The van der Waals surface area contributed by atoms with Crippen LogP contribution >= 0.6 is 0 Å². The number of rotatable bonds is 22. The van der Waals surface area contributed by atoms with Gasteiger partial charge >= 0.3 is 8.80 Å². The Morgan fingerprint density at radius 3 is 1.30 bits per heavy atom. The van der Waals surface area contributed by atoms with E-state index in [1.54, 1.807) is 0 Å². The fourth-order valence-electron chi connectivity index (χ4n) is 2.66. The Morgan fingerprint density at radius 2 is 0.889 bits per heavy atom. The molecule has 0 aromatic carbocycles. The molecule has 0 aliphatic rings. The number of ether oxygens (including phenoxy) is 3. The molecule has 0 amide bonds. The lowest BCUT2D eigenvalue weighted by Crippen LogP contribution is -2.48. The van der Waals surface area contributed by atoms with Crippen molar-refractivity contribution in [2.45, 2.75) is 72.3 Å². The first kappa shape index (κ1) is 27.0. The summed E-state index contributed by atoms with van der Waals surface area (Å²) in [6, 6.07) is 0.837. The minimum Gasteiger partial charge on any atom is -0.379 e. The van der Waals surface area contributed by atoms with Crippen LogP contribution in [0, 0.1) is 0 Å². The van der Waals surface area contributed by atoms with E-state index in [1.165, 1.54) is 32.1 Å². The van der Waals surface area contributed by atoms with Crippen molar-refractivity contribution >= 4 is 8.80 Å². The molecule has 0 heterocycles. The molecule has 0 radical (unpaired) electrons. The summed E-state index contributed by atoms with van der Waals surface area (Å²) < 4.78 is 34.8. The minimum atomic E-state index is -2.75. The average Bonchev–Trinajstić information content (AvgIpc) is 2.68. The van der Waals surface area contributed by atoms with Crippen LogP contribution < -0.4 is 0 Å². The quantitative estimate of drug-likeness (QED) is 0.195. The SMILES string of the molecule is CCCCCCCC[Si](OCCOCC)(OCCOCC)OCCOCC. The molecular formula is C20H44O6Si.